The van der Waals surface area contributed by atoms with Crippen LogP contribution in [0, 0.1) is 0 Å². The number of phenolic OH excluding ortho intramolecular Hbond substituents is 1. The average molecular weight is 274 g/mol. The number of nitrogens with zero attached hydrogens (tertiary/aromatic N) is 3. The van der Waals surface area contributed by atoms with Crippen LogP contribution in [0.3, 0.4) is 0 Å². The van der Waals surface area contributed by atoms with Gasteiger partial charge in [0.1, 0.15) is 23.8 Å². The molecular weight excluding hydrogens is 260 g/mol. The number of fused-ring (bicyclic) bond motifs is 1. The summed E-state index contributed by atoms with van der Waals surface area (Å²) >= 11 is 0. The van der Waals surface area contributed by atoms with E-state index in [0.29, 0.717) is 24.6 Å². The number of allylic oxidation sites excluding steroid dienone is 2. The van der Waals surface area contributed by atoms with E-state index in [4.69, 9.17) is 4.74 Å². The van der Waals surface area contributed by atoms with Gasteiger partial charge in [0.2, 0.25) is 0 Å². The average Bonchev–Trinajstić information content (AvgIpc) is 2.46. The van der Waals surface area contributed by atoms with Gasteiger partial charge in [-0.25, -0.2) is 5.06 Å². The van der Waals surface area contributed by atoms with Crippen molar-refractivity contribution in [3.05, 3.63) is 36.6 Å². The summed E-state index contributed by atoms with van der Waals surface area (Å²) in [6, 6.07) is 3.17. The molecule has 1 unspecified atom stereocenters. The minimum Gasteiger partial charge on any atom is -0.506 e. The smallest absolute Gasteiger partial charge is 0.184 e. The molecule has 1 aromatic carbocycles. The number of ether oxygens (including phenoxy) is 1. The van der Waals surface area contributed by atoms with Crippen LogP contribution in [0.2, 0.25) is 0 Å². The summed E-state index contributed by atoms with van der Waals surface area (Å²) < 4.78 is 5.47. The predicted octanol–water partition coefficient (Wildman–Crippen LogP) is 2.38. The Kier molecular flexibility index (Phi) is 3.26. The standard InChI is InChI=1S/C13H14N4O3/c18-11-7-10-12(20-6-4-14-10)8-9(11)15-16-13-3-1-2-5-17(13)19/h1-3,5,7-8,13-14,18-19H,4,6H2. The van der Waals surface area contributed by atoms with E-state index >= 15 is 0 Å². The van der Waals surface area contributed by atoms with Crippen molar-refractivity contribution in [1.82, 2.24) is 5.06 Å². The first kappa shape index (κ1) is 12.5. The van der Waals surface area contributed by atoms with Crippen LogP contribution in [-0.4, -0.2) is 34.7 Å². The lowest BCUT2D eigenvalue weighted by Crippen LogP contribution is -2.24. The number of anilines is 1. The first-order valence-corrected chi connectivity index (χ1v) is 6.21. The van der Waals surface area contributed by atoms with E-state index < -0.39 is 6.17 Å². The normalized spacial score (nSPS) is 20.6. The summed E-state index contributed by atoms with van der Waals surface area (Å²) in [7, 11) is 0. The van der Waals surface area contributed by atoms with E-state index in [1.165, 1.54) is 6.20 Å². The second-order valence-corrected chi connectivity index (χ2v) is 4.35. The highest BCUT2D eigenvalue weighted by Crippen LogP contribution is 2.38. The molecule has 0 radical (unpaired) electrons. The van der Waals surface area contributed by atoms with Gasteiger partial charge in [-0.2, -0.15) is 5.11 Å². The summed E-state index contributed by atoms with van der Waals surface area (Å²) in [4.78, 5) is 0. The zero-order valence-electron chi connectivity index (χ0n) is 10.6. The molecule has 104 valence electrons. The zero-order chi connectivity index (χ0) is 13.9. The number of azo groups is 1. The van der Waals surface area contributed by atoms with Crippen LogP contribution in [0.1, 0.15) is 0 Å². The number of hydrogen-bond acceptors (Lipinski definition) is 7. The number of rotatable bonds is 2. The molecule has 7 nitrogen and oxygen atoms in total. The Labute approximate surface area is 115 Å². The molecule has 1 atom stereocenters. The van der Waals surface area contributed by atoms with Crippen LogP contribution in [0.4, 0.5) is 11.4 Å². The quantitative estimate of drug-likeness (QED) is 0.720. The fourth-order valence-corrected chi connectivity index (χ4v) is 1.93. The van der Waals surface area contributed by atoms with Gasteiger partial charge in [-0.1, -0.05) is 6.08 Å². The van der Waals surface area contributed by atoms with Crippen LogP contribution in [0.15, 0.2) is 46.8 Å². The lowest BCUT2D eigenvalue weighted by Gasteiger charge is -2.20. The highest BCUT2D eigenvalue weighted by atomic mass is 16.5. The third-order valence-electron chi connectivity index (χ3n) is 2.94. The SMILES string of the molecule is Oc1cc2c(cc1N=NC1C=CC=CN1O)OCCN2. The van der Waals surface area contributed by atoms with Gasteiger partial charge in [0, 0.05) is 24.9 Å². The number of phenols is 1. The van der Waals surface area contributed by atoms with E-state index in [1.54, 1.807) is 30.4 Å². The maximum absolute atomic E-state index is 9.90. The number of aromatic hydroxyl groups is 1. The third kappa shape index (κ3) is 2.43. The first-order valence-electron chi connectivity index (χ1n) is 6.21. The van der Waals surface area contributed by atoms with E-state index in [9.17, 15) is 10.3 Å². The Balaban J connectivity index is 1.83. The molecule has 0 aliphatic carbocycles. The molecular formula is C13H14N4O3. The second kappa shape index (κ2) is 5.22. The van der Waals surface area contributed by atoms with Gasteiger partial charge in [-0.15, -0.1) is 5.11 Å². The largest absolute Gasteiger partial charge is 0.506 e. The van der Waals surface area contributed by atoms with Crippen LogP contribution >= 0.6 is 0 Å². The molecule has 0 aromatic heterocycles. The van der Waals surface area contributed by atoms with E-state index in [2.05, 4.69) is 15.5 Å². The van der Waals surface area contributed by atoms with Gasteiger partial charge < -0.3 is 15.2 Å². The summed E-state index contributed by atoms with van der Waals surface area (Å²) in [5, 5.41) is 31.4. The molecule has 2 aliphatic heterocycles. The maximum Gasteiger partial charge on any atom is 0.184 e. The maximum atomic E-state index is 9.90. The van der Waals surface area contributed by atoms with Crippen molar-refractivity contribution in [3.8, 4) is 11.5 Å². The van der Waals surface area contributed by atoms with Crippen molar-refractivity contribution < 1.29 is 15.1 Å². The van der Waals surface area contributed by atoms with Crippen molar-refractivity contribution >= 4 is 11.4 Å². The molecule has 3 N–H and O–H groups in total. The number of nitrogens with one attached hydrogen (secondary N) is 1. The molecule has 2 aliphatic rings. The zero-order valence-corrected chi connectivity index (χ0v) is 10.6. The van der Waals surface area contributed by atoms with Crippen LogP contribution in [-0.2, 0) is 0 Å². The molecule has 7 heteroatoms. The highest BCUT2D eigenvalue weighted by molar-refractivity contribution is 5.69. The Morgan fingerprint density at radius 1 is 1.35 bits per heavy atom. The summed E-state index contributed by atoms with van der Waals surface area (Å²) in [6.07, 6.45) is 5.99. The van der Waals surface area contributed by atoms with Gasteiger partial charge in [0.05, 0.1) is 5.69 Å². The number of hydroxylamine groups is 2. The summed E-state index contributed by atoms with van der Waals surface area (Å²) in [6.45, 7) is 1.26. The molecule has 0 fully saturated rings. The Morgan fingerprint density at radius 3 is 3.10 bits per heavy atom. The fraction of sp³-hybridized carbons (Fsp3) is 0.231. The summed E-state index contributed by atoms with van der Waals surface area (Å²) in [5.41, 5.74) is 1.03. The van der Waals surface area contributed by atoms with Crippen LogP contribution in [0.25, 0.3) is 0 Å². The van der Waals surface area contributed by atoms with Gasteiger partial charge in [0.15, 0.2) is 6.17 Å². The van der Waals surface area contributed by atoms with Crippen LogP contribution < -0.4 is 10.1 Å². The molecule has 2 heterocycles. The minimum absolute atomic E-state index is 0.00493. The molecule has 0 bridgehead atoms. The van der Waals surface area contributed by atoms with E-state index in [-0.39, 0.29) is 5.75 Å². The second-order valence-electron chi connectivity index (χ2n) is 4.35. The van der Waals surface area contributed by atoms with Crippen molar-refractivity contribution in [2.45, 2.75) is 6.17 Å². The van der Waals surface area contributed by atoms with Gasteiger partial charge in [0.25, 0.3) is 0 Å². The molecule has 20 heavy (non-hydrogen) atoms. The Morgan fingerprint density at radius 2 is 2.25 bits per heavy atom. The molecule has 0 saturated carbocycles. The van der Waals surface area contributed by atoms with Gasteiger partial charge in [-0.05, 0) is 12.2 Å². The van der Waals surface area contributed by atoms with Crippen molar-refractivity contribution in [2.24, 2.45) is 10.2 Å². The summed E-state index contributed by atoms with van der Waals surface area (Å²) in [5.74, 6) is 0.633. The van der Waals surface area contributed by atoms with Crippen molar-refractivity contribution in [3.63, 3.8) is 0 Å². The lowest BCUT2D eigenvalue weighted by molar-refractivity contribution is -0.0647. The van der Waals surface area contributed by atoms with E-state index in [0.717, 1.165) is 10.8 Å². The van der Waals surface area contributed by atoms with E-state index in [1.807, 2.05) is 0 Å². The lowest BCUT2D eigenvalue weighted by atomic mass is 10.2. The van der Waals surface area contributed by atoms with Crippen molar-refractivity contribution in [2.75, 3.05) is 18.5 Å². The van der Waals surface area contributed by atoms with Gasteiger partial charge >= 0.3 is 0 Å². The molecule has 0 spiro atoms. The Hall–Kier alpha value is -2.54. The Bertz CT molecular complexity index is 598. The molecule has 1 aromatic rings. The molecule has 0 saturated heterocycles. The molecule has 3 rings (SSSR count). The highest BCUT2D eigenvalue weighted by Gasteiger charge is 2.15. The number of benzene rings is 1. The fourth-order valence-electron chi connectivity index (χ4n) is 1.93. The van der Waals surface area contributed by atoms with Crippen molar-refractivity contribution in [1.29, 1.82) is 0 Å². The molecule has 0 amide bonds. The number of hydrogen-bond donors (Lipinski definition) is 3. The predicted molar refractivity (Wildman–Crippen MR) is 72.3 cm³/mol. The van der Waals surface area contributed by atoms with Gasteiger partial charge in [-0.3, -0.25) is 5.21 Å². The third-order valence-corrected chi connectivity index (χ3v) is 2.94. The monoisotopic (exact) mass is 274 g/mol. The first-order chi connectivity index (χ1) is 9.74. The topological polar surface area (TPSA) is 89.7 Å². The minimum atomic E-state index is -0.602. The van der Waals surface area contributed by atoms with Crippen LogP contribution in [0.5, 0.6) is 11.5 Å².